The first kappa shape index (κ1) is 12.9. The Kier molecular flexibility index (Phi) is 5.29. The maximum Gasteiger partial charge on any atom is 0.119 e. The molecule has 0 amide bonds. The summed E-state index contributed by atoms with van der Waals surface area (Å²) >= 11 is 3.41. The minimum absolute atomic E-state index is 0.766. The zero-order chi connectivity index (χ0) is 11.9. The molecule has 0 unspecified atom stereocenters. The molecule has 2 rings (SSSR count). The normalized spacial score (nSPS) is 17.7. The van der Waals surface area contributed by atoms with E-state index in [1.165, 1.54) is 13.0 Å². The van der Waals surface area contributed by atoms with Crippen molar-refractivity contribution in [3.63, 3.8) is 0 Å². The molecule has 0 aliphatic carbocycles. The van der Waals surface area contributed by atoms with Gasteiger partial charge in [0.15, 0.2) is 0 Å². The van der Waals surface area contributed by atoms with Crippen LogP contribution in [0.15, 0.2) is 28.7 Å². The Morgan fingerprint density at radius 1 is 1.18 bits per heavy atom. The van der Waals surface area contributed by atoms with Crippen molar-refractivity contribution in [3.05, 3.63) is 28.7 Å². The zero-order valence-corrected chi connectivity index (χ0v) is 11.6. The molecule has 17 heavy (non-hydrogen) atoms. The Hall–Kier alpha value is -0.580. The van der Waals surface area contributed by atoms with Crippen LogP contribution < -0.4 is 10.1 Å². The van der Waals surface area contributed by atoms with Gasteiger partial charge in [0.05, 0.1) is 0 Å². The lowest BCUT2D eigenvalue weighted by Gasteiger charge is -2.19. The molecule has 0 radical (unpaired) electrons. The second-order valence-corrected chi connectivity index (χ2v) is 5.16. The molecule has 1 heterocycles. The van der Waals surface area contributed by atoms with Crippen molar-refractivity contribution >= 4 is 15.9 Å². The second-order valence-electron chi connectivity index (χ2n) is 4.25. The fourth-order valence-corrected chi connectivity index (χ4v) is 2.21. The van der Waals surface area contributed by atoms with Gasteiger partial charge in [-0.25, -0.2) is 0 Å². The molecule has 3 nitrogen and oxygen atoms in total. The van der Waals surface area contributed by atoms with Crippen molar-refractivity contribution in [2.75, 3.05) is 39.3 Å². The smallest absolute Gasteiger partial charge is 0.119 e. The van der Waals surface area contributed by atoms with E-state index in [2.05, 4.69) is 26.1 Å². The molecule has 0 atom stereocenters. The van der Waals surface area contributed by atoms with Crippen molar-refractivity contribution < 1.29 is 4.74 Å². The quantitative estimate of drug-likeness (QED) is 0.922. The monoisotopic (exact) mass is 298 g/mol. The van der Waals surface area contributed by atoms with Crippen molar-refractivity contribution in [1.29, 1.82) is 0 Å². The van der Waals surface area contributed by atoms with Gasteiger partial charge in [0.1, 0.15) is 12.4 Å². The van der Waals surface area contributed by atoms with E-state index in [-0.39, 0.29) is 0 Å². The van der Waals surface area contributed by atoms with Gasteiger partial charge >= 0.3 is 0 Å². The van der Waals surface area contributed by atoms with Gasteiger partial charge < -0.3 is 10.1 Å². The average Bonchev–Trinajstić information content (AvgIpc) is 2.60. The summed E-state index contributed by atoms with van der Waals surface area (Å²) in [5.41, 5.74) is 0. The van der Waals surface area contributed by atoms with Gasteiger partial charge in [-0.1, -0.05) is 15.9 Å². The summed E-state index contributed by atoms with van der Waals surface area (Å²) < 4.78 is 6.81. The van der Waals surface area contributed by atoms with E-state index >= 15 is 0 Å². The third-order valence-corrected chi connectivity index (χ3v) is 3.45. The Labute approximate surface area is 111 Å². The highest BCUT2D eigenvalue weighted by atomic mass is 79.9. The lowest BCUT2D eigenvalue weighted by molar-refractivity contribution is 0.217. The van der Waals surface area contributed by atoms with Crippen LogP contribution in [0.1, 0.15) is 6.42 Å². The third kappa shape index (κ3) is 4.66. The molecule has 1 N–H and O–H groups in total. The average molecular weight is 299 g/mol. The van der Waals surface area contributed by atoms with Crippen LogP contribution in [0.3, 0.4) is 0 Å². The predicted octanol–water partition coefficient (Wildman–Crippen LogP) is 2.12. The summed E-state index contributed by atoms with van der Waals surface area (Å²) in [6.07, 6.45) is 1.23. The molecule has 0 saturated carbocycles. The molecule has 0 bridgehead atoms. The van der Waals surface area contributed by atoms with Gasteiger partial charge in [-0.3, -0.25) is 4.90 Å². The van der Waals surface area contributed by atoms with Crippen LogP contribution in [0.2, 0.25) is 0 Å². The standard InChI is InChI=1S/C13H19BrN2O/c14-12-2-4-13(5-3-12)17-11-10-16-8-1-6-15-7-9-16/h2-5,15H,1,6-11H2. The first-order valence-electron chi connectivity index (χ1n) is 6.16. The number of ether oxygens (including phenoxy) is 1. The number of benzene rings is 1. The Morgan fingerprint density at radius 3 is 2.82 bits per heavy atom. The van der Waals surface area contributed by atoms with Gasteiger partial charge in [0.25, 0.3) is 0 Å². The molecule has 0 aromatic heterocycles. The summed E-state index contributed by atoms with van der Waals surface area (Å²) in [5.74, 6) is 0.946. The molecule has 1 aliphatic heterocycles. The summed E-state index contributed by atoms with van der Waals surface area (Å²) in [7, 11) is 0. The Balaban J connectivity index is 1.69. The highest BCUT2D eigenvalue weighted by Gasteiger charge is 2.07. The zero-order valence-electron chi connectivity index (χ0n) is 9.99. The second kappa shape index (κ2) is 6.99. The molecular weight excluding hydrogens is 280 g/mol. The van der Waals surface area contributed by atoms with Crippen LogP contribution in [-0.4, -0.2) is 44.2 Å². The SMILES string of the molecule is Brc1ccc(OCCN2CCCNCC2)cc1. The molecule has 94 valence electrons. The molecular formula is C13H19BrN2O. The van der Waals surface area contributed by atoms with Gasteiger partial charge in [-0.15, -0.1) is 0 Å². The molecule has 0 spiro atoms. The van der Waals surface area contributed by atoms with Crippen LogP contribution in [0, 0.1) is 0 Å². The fourth-order valence-electron chi connectivity index (χ4n) is 1.95. The topological polar surface area (TPSA) is 24.5 Å². The number of nitrogens with zero attached hydrogens (tertiary/aromatic N) is 1. The Morgan fingerprint density at radius 2 is 2.00 bits per heavy atom. The van der Waals surface area contributed by atoms with Gasteiger partial charge in [-0.05, 0) is 43.8 Å². The van der Waals surface area contributed by atoms with E-state index in [1.807, 2.05) is 24.3 Å². The van der Waals surface area contributed by atoms with Gasteiger partial charge in [0.2, 0.25) is 0 Å². The molecule has 1 aliphatic rings. The van der Waals surface area contributed by atoms with E-state index in [4.69, 9.17) is 4.74 Å². The predicted molar refractivity (Wildman–Crippen MR) is 73.6 cm³/mol. The van der Waals surface area contributed by atoms with E-state index in [9.17, 15) is 0 Å². The van der Waals surface area contributed by atoms with Crippen LogP contribution in [0.5, 0.6) is 5.75 Å². The van der Waals surface area contributed by atoms with Crippen LogP contribution in [-0.2, 0) is 0 Å². The van der Waals surface area contributed by atoms with Crippen LogP contribution >= 0.6 is 15.9 Å². The van der Waals surface area contributed by atoms with Crippen molar-refractivity contribution in [3.8, 4) is 5.75 Å². The molecule has 1 saturated heterocycles. The number of nitrogens with one attached hydrogen (secondary N) is 1. The molecule has 4 heteroatoms. The first-order chi connectivity index (χ1) is 8.34. The number of rotatable bonds is 4. The van der Waals surface area contributed by atoms with E-state index in [0.29, 0.717) is 0 Å². The summed E-state index contributed by atoms with van der Waals surface area (Å²) in [4.78, 5) is 2.46. The first-order valence-corrected chi connectivity index (χ1v) is 6.95. The van der Waals surface area contributed by atoms with Gasteiger partial charge in [-0.2, -0.15) is 0 Å². The lowest BCUT2D eigenvalue weighted by Crippen LogP contribution is -2.31. The fraction of sp³-hybridized carbons (Fsp3) is 0.538. The van der Waals surface area contributed by atoms with Crippen molar-refractivity contribution in [2.24, 2.45) is 0 Å². The third-order valence-electron chi connectivity index (χ3n) is 2.92. The molecule has 1 aromatic carbocycles. The largest absolute Gasteiger partial charge is 0.492 e. The van der Waals surface area contributed by atoms with Crippen LogP contribution in [0.4, 0.5) is 0 Å². The molecule has 1 fully saturated rings. The van der Waals surface area contributed by atoms with Gasteiger partial charge in [0, 0.05) is 24.1 Å². The lowest BCUT2D eigenvalue weighted by atomic mass is 10.3. The highest BCUT2D eigenvalue weighted by molar-refractivity contribution is 9.10. The highest BCUT2D eigenvalue weighted by Crippen LogP contribution is 2.15. The minimum Gasteiger partial charge on any atom is -0.492 e. The number of halogens is 1. The van der Waals surface area contributed by atoms with E-state index < -0.39 is 0 Å². The number of hydrogen-bond donors (Lipinski definition) is 1. The summed E-state index contributed by atoms with van der Waals surface area (Å²) in [6.45, 7) is 6.32. The van der Waals surface area contributed by atoms with Crippen molar-refractivity contribution in [1.82, 2.24) is 10.2 Å². The van der Waals surface area contributed by atoms with Crippen molar-refractivity contribution in [2.45, 2.75) is 6.42 Å². The maximum absolute atomic E-state index is 5.72. The number of hydrogen-bond acceptors (Lipinski definition) is 3. The Bertz CT molecular complexity index is 321. The van der Waals surface area contributed by atoms with E-state index in [0.717, 1.165) is 43.0 Å². The maximum atomic E-state index is 5.72. The van der Waals surface area contributed by atoms with Crippen LogP contribution in [0.25, 0.3) is 0 Å². The minimum atomic E-state index is 0.766. The summed E-state index contributed by atoms with van der Waals surface area (Å²) in [5, 5.41) is 3.40. The summed E-state index contributed by atoms with van der Waals surface area (Å²) in [6, 6.07) is 8.00. The van der Waals surface area contributed by atoms with E-state index in [1.54, 1.807) is 0 Å². The molecule has 1 aromatic rings.